The van der Waals surface area contributed by atoms with Gasteiger partial charge >= 0.3 is 0 Å². The summed E-state index contributed by atoms with van der Waals surface area (Å²) >= 11 is 5.94. The maximum absolute atomic E-state index is 9.73. The van der Waals surface area contributed by atoms with E-state index < -0.39 is 0 Å². The first kappa shape index (κ1) is 18.4. The van der Waals surface area contributed by atoms with Crippen molar-refractivity contribution in [3.05, 3.63) is 52.3 Å². The van der Waals surface area contributed by atoms with Crippen LogP contribution in [-0.4, -0.2) is 33.6 Å². The number of nitrogens with zero attached hydrogens (tertiary/aromatic N) is 2. The van der Waals surface area contributed by atoms with Crippen molar-refractivity contribution in [1.82, 2.24) is 15.1 Å². The van der Waals surface area contributed by atoms with Crippen LogP contribution < -0.4 is 5.32 Å². The van der Waals surface area contributed by atoms with Gasteiger partial charge < -0.3 is 10.4 Å². The first-order valence-corrected chi connectivity index (χ1v) is 9.55. The highest BCUT2D eigenvalue weighted by Crippen LogP contribution is 2.32. The molecular formula is C20H28ClN3O. The van der Waals surface area contributed by atoms with Crippen molar-refractivity contribution in [2.24, 2.45) is 7.05 Å². The highest BCUT2D eigenvalue weighted by Gasteiger charge is 2.25. The van der Waals surface area contributed by atoms with Crippen LogP contribution in [0.3, 0.4) is 0 Å². The second-order valence-corrected chi connectivity index (χ2v) is 7.70. The topological polar surface area (TPSA) is 50.1 Å². The van der Waals surface area contributed by atoms with Crippen LogP contribution in [-0.2, 0) is 13.5 Å². The number of nitrogens with one attached hydrogen (secondary N) is 1. The molecule has 2 N–H and O–H groups in total. The minimum atomic E-state index is 0.0971. The lowest BCUT2D eigenvalue weighted by molar-refractivity contribution is 0.214. The first-order chi connectivity index (χ1) is 12.0. The SMILES string of the molecule is Cc1cc(C2CCC(N[C@H](CO)Cc3ccc(Cl)cc3)CC2)nn1C. The van der Waals surface area contributed by atoms with Crippen LogP contribution in [0.2, 0.25) is 5.02 Å². The number of benzene rings is 1. The molecule has 1 aromatic heterocycles. The quantitative estimate of drug-likeness (QED) is 0.826. The monoisotopic (exact) mass is 361 g/mol. The number of aryl methyl sites for hydroxylation is 2. The molecule has 0 aliphatic heterocycles. The lowest BCUT2D eigenvalue weighted by Gasteiger charge is -2.31. The molecule has 0 saturated heterocycles. The van der Waals surface area contributed by atoms with Gasteiger partial charge in [-0.1, -0.05) is 23.7 Å². The van der Waals surface area contributed by atoms with E-state index in [2.05, 4.69) is 23.4 Å². The molecule has 25 heavy (non-hydrogen) atoms. The Kier molecular flexibility index (Phi) is 6.15. The van der Waals surface area contributed by atoms with Gasteiger partial charge in [0.25, 0.3) is 0 Å². The average Bonchev–Trinajstić information content (AvgIpc) is 2.96. The summed E-state index contributed by atoms with van der Waals surface area (Å²) in [6.45, 7) is 2.26. The zero-order valence-electron chi connectivity index (χ0n) is 15.1. The Morgan fingerprint density at radius 1 is 1.24 bits per heavy atom. The Balaban J connectivity index is 1.50. The Morgan fingerprint density at radius 3 is 2.48 bits per heavy atom. The zero-order chi connectivity index (χ0) is 17.8. The van der Waals surface area contributed by atoms with Crippen molar-refractivity contribution in [3.8, 4) is 0 Å². The minimum Gasteiger partial charge on any atom is -0.395 e. The van der Waals surface area contributed by atoms with Gasteiger partial charge in [0.2, 0.25) is 0 Å². The summed E-state index contributed by atoms with van der Waals surface area (Å²) in [5.74, 6) is 0.571. The summed E-state index contributed by atoms with van der Waals surface area (Å²) in [5.41, 5.74) is 3.66. The number of aliphatic hydroxyl groups is 1. The summed E-state index contributed by atoms with van der Waals surface area (Å²) in [7, 11) is 2.01. The fourth-order valence-corrected chi connectivity index (χ4v) is 3.88. The fraction of sp³-hybridized carbons (Fsp3) is 0.550. The van der Waals surface area contributed by atoms with Crippen LogP contribution in [0, 0.1) is 6.92 Å². The third-order valence-corrected chi connectivity index (χ3v) is 5.62. The predicted molar refractivity (Wildman–Crippen MR) is 102 cm³/mol. The molecule has 0 amide bonds. The van der Waals surface area contributed by atoms with E-state index in [4.69, 9.17) is 11.6 Å². The molecule has 3 rings (SSSR count). The fourth-order valence-electron chi connectivity index (χ4n) is 3.76. The van der Waals surface area contributed by atoms with E-state index in [1.807, 2.05) is 36.0 Å². The number of hydrogen-bond donors (Lipinski definition) is 2. The lowest BCUT2D eigenvalue weighted by atomic mass is 9.83. The van der Waals surface area contributed by atoms with Crippen LogP contribution in [0.25, 0.3) is 0 Å². The van der Waals surface area contributed by atoms with Gasteiger partial charge in [-0.2, -0.15) is 5.10 Å². The van der Waals surface area contributed by atoms with Gasteiger partial charge in [-0.3, -0.25) is 4.68 Å². The second-order valence-electron chi connectivity index (χ2n) is 7.26. The van der Waals surface area contributed by atoms with Crippen molar-refractivity contribution < 1.29 is 5.11 Å². The third kappa shape index (κ3) is 4.84. The molecule has 0 radical (unpaired) electrons. The molecule has 1 heterocycles. The van der Waals surface area contributed by atoms with E-state index in [0.717, 1.165) is 37.1 Å². The van der Waals surface area contributed by atoms with Gasteiger partial charge in [0.15, 0.2) is 0 Å². The van der Waals surface area contributed by atoms with E-state index in [1.165, 1.54) is 17.0 Å². The standard InChI is InChI=1S/C20H28ClN3O/c1-14-11-20(23-24(14)2)16-5-9-18(10-6-16)22-19(13-25)12-15-3-7-17(21)8-4-15/h3-4,7-8,11,16,18-19,22,25H,5-6,9-10,12-13H2,1-2H3/t16?,18?,19-/m0/s1. The molecule has 1 atom stereocenters. The molecule has 2 aromatic rings. The van der Waals surface area contributed by atoms with Crippen LogP contribution in [0.5, 0.6) is 0 Å². The van der Waals surface area contributed by atoms with Gasteiger partial charge in [-0.05, 0) is 62.8 Å². The number of aliphatic hydroxyl groups excluding tert-OH is 1. The van der Waals surface area contributed by atoms with E-state index in [1.54, 1.807) is 0 Å². The van der Waals surface area contributed by atoms with E-state index in [9.17, 15) is 5.11 Å². The van der Waals surface area contributed by atoms with E-state index in [-0.39, 0.29) is 12.6 Å². The number of aromatic nitrogens is 2. The molecule has 4 nitrogen and oxygen atoms in total. The van der Waals surface area contributed by atoms with Gasteiger partial charge in [-0.25, -0.2) is 0 Å². The van der Waals surface area contributed by atoms with Crippen LogP contribution in [0.15, 0.2) is 30.3 Å². The molecule has 0 bridgehead atoms. The van der Waals surface area contributed by atoms with E-state index >= 15 is 0 Å². The average molecular weight is 362 g/mol. The molecule has 1 aliphatic carbocycles. The highest BCUT2D eigenvalue weighted by atomic mass is 35.5. The van der Waals surface area contributed by atoms with Crippen molar-refractivity contribution in [3.63, 3.8) is 0 Å². The summed E-state index contributed by atoms with van der Waals surface area (Å²) in [6, 6.07) is 10.7. The summed E-state index contributed by atoms with van der Waals surface area (Å²) in [4.78, 5) is 0. The molecular weight excluding hydrogens is 334 g/mol. The van der Waals surface area contributed by atoms with E-state index in [0.29, 0.717) is 12.0 Å². The zero-order valence-corrected chi connectivity index (χ0v) is 15.8. The highest BCUT2D eigenvalue weighted by molar-refractivity contribution is 6.30. The molecule has 0 spiro atoms. The van der Waals surface area contributed by atoms with Crippen LogP contribution in [0.4, 0.5) is 0 Å². The maximum Gasteiger partial charge on any atom is 0.0658 e. The largest absolute Gasteiger partial charge is 0.395 e. The van der Waals surface area contributed by atoms with Gasteiger partial charge in [0, 0.05) is 35.8 Å². The smallest absolute Gasteiger partial charge is 0.0658 e. The molecule has 5 heteroatoms. The lowest BCUT2D eigenvalue weighted by Crippen LogP contribution is -2.43. The summed E-state index contributed by atoms with van der Waals surface area (Å²) in [6.07, 6.45) is 5.42. The Bertz CT molecular complexity index is 655. The molecule has 1 saturated carbocycles. The molecule has 136 valence electrons. The summed E-state index contributed by atoms with van der Waals surface area (Å²) < 4.78 is 1.97. The molecule has 1 fully saturated rings. The van der Waals surface area contributed by atoms with Crippen molar-refractivity contribution in [1.29, 1.82) is 0 Å². The molecule has 0 unspecified atom stereocenters. The normalized spacial score (nSPS) is 22.1. The van der Waals surface area contributed by atoms with Gasteiger partial charge in [-0.15, -0.1) is 0 Å². The Labute approximate surface area is 155 Å². The molecule has 1 aliphatic rings. The van der Waals surface area contributed by atoms with Crippen LogP contribution >= 0.6 is 11.6 Å². The minimum absolute atomic E-state index is 0.0971. The van der Waals surface area contributed by atoms with Crippen molar-refractivity contribution in [2.45, 2.75) is 57.0 Å². The Hall–Kier alpha value is -1.36. The van der Waals surface area contributed by atoms with Crippen molar-refractivity contribution in [2.75, 3.05) is 6.61 Å². The number of hydrogen-bond acceptors (Lipinski definition) is 3. The first-order valence-electron chi connectivity index (χ1n) is 9.17. The van der Waals surface area contributed by atoms with Gasteiger partial charge in [0.1, 0.15) is 0 Å². The predicted octanol–water partition coefficient (Wildman–Crippen LogP) is 3.60. The van der Waals surface area contributed by atoms with Crippen molar-refractivity contribution >= 4 is 11.6 Å². The van der Waals surface area contributed by atoms with Crippen LogP contribution in [0.1, 0.15) is 48.6 Å². The second kappa shape index (κ2) is 8.35. The summed E-state index contributed by atoms with van der Waals surface area (Å²) in [5, 5.41) is 18.8. The van der Waals surface area contributed by atoms with Gasteiger partial charge in [0.05, 0.1) is 12.3 Å². The molecule has 1 aromatic carbocycles. The maximum atomic E-state index is 9.73. The number of halogens is 1. The Morgan fingerprint density at radius 2 is 1.92 bits per heavy atom. The number of rotatable bonds is 6. The third-order valence-electron chi connectivity index (χ3n) is 5.37.